The molecule has 0 saturated carbocycles. The number of fused-ring (bicyclic) bond motifs is 1. The zero-order chi connectivity index (χ0) is 18.1. The number of aromatic amines is 1. The maximum atomic E-state index is 13.8. The summed E-state index contributed by atoms with van der Waals surface area (Å²) < 4.78 is 25.8. The normalized spacial score (nSPS) is 10.9. The summed E-state index contributed by atoms with van der Waals surface area (Å²) in [5.41, 5.74) is 2.43. The van der Waals surface area contributed by atoms with Gasteiger partial charge in [0.1, 0.15) is 17.2 Å². The maximum Gasteiger partial charge on any atom is 0.165 e. The number of halogens is 2. The molecule has 6 heteroatoms. The van der Waals surface area contributed by atoms with Crippen LogP contribution in [0.15, 0.2) is 65.1 Å². The third-order valence-corrected chi connectivity index (χ3v) is 4.51. The highest BCUT2D eigenvalue weighted by Crippen LogP contribution is 2.36. The van der Waals surface area contributed by atoms with Gasteiger partial charge in [-0.25, -0.2) is 4.39 Å². The molecular formula is C20H14BrFN2O2. The average Bonchev–Trinajstić information content (AvgIpc) is 3.06. The second-order valence-electron chi connectivity index (χ2n) is 5.66. The van der Waals surface area contributed by atoms with Gasteiger partial charge in [-0.2, -0.15) is 5.10 Å². The standard InChI is InChI=1S/C20H14BrFN2O2/c1-25-18-9-6-12(21)10-15(18)20-14-8-7-13(11-17(14)23-24-20)26-19-5-3-2-4-16(19)22/h2-11H,1H3,(H,23,24). The van der Waals surface area contributed by atoms with Crippen LogP contribution in [0.2, 0.25) is 0 Å². The zero-order valence-electron chi connectivity index (χ0n) is 13.8. The minimum absolute atomic E-state index is 0.181. The molecule has 1 aromatic heterocycles. The summed E-state index contributed by atoms with van der Waals surface area (Å²) in [4.78, 5) is 0. The Labute approximate surface area is 157 Å². The van der Waals surface area contributed by atoms with E-state index < -0.39 is 5.82 Å². The Morgan fingerprint density at radius 3 is 2.65 bits per heavy atom. The minimum atomic E-state index is -0.406. The van der Waals surface area contributed by atoms with E-state index in [1.54, 1.807) is 37.4 Å². The molecule has 0 aliphatic heterocycles. The van der Waals surface area contributed by atoms with Gasteiger partial charge in [0, 0.05) is 21.5 Å². The second-order valence-corrected chi connectivity index (χ2v) is 6.57. The van der Waals surface area contributed by atoms with E-state index in [2.05, 4.69) is 26.1 Å². The summed E-state index contributed by atoms with van der Waals surface area (Å²) in [6.45, 7) is 0. The van der Waals surface area contributed by atoms with Crippen molar-refractivity contribution >= 4 is 26.8 Å². The maximum absolute atomic E-state index is 13.8. The average molecular weight is 413 g/mol. The molecule has 0 saturated heterocycles. The van der Waals surface area contributed by atoms with Crippen molar-refractivity contribution in [3.63, 3.8) is 0 Å². The number of nitrogens with zero attached hydrogens (tertiary/aromatic N) is 1. The van der Waals surface area contributed by atoms with Crippen molar-refractivity contribution in [2.24, 2.45) is 0 Å². The molecule has 4 aromatic rings. The van der Waals surface area contributed by atoms with Gasteiger partial charge in [0.15, 0.2) is 11.6 Å². The van der Waals surface area contributed by atoms with Crippen LogP contribution in [0.25, 0.3) is 22.2 Å². The summed E-state index contributed by atoms with van der Waals surface area (Å²) in [5.74, 6) is 1.03. The van der Waals surface area contributed by atoms with Crippen molar-refractivity contribution in [2.45, 2.75) is 0 Å². The second kappa shape index (κ2) is 6.80. The highest BCUT2D eigenvalue weighted by Gasteiger charge is 2.14. The van der Waals surface area contributed by atoms with Crippen molar-refractivity contribution in [2.75, 3.05) is 7.11 Å². The Bertz CT molecular complexity index is 1090. The number of benzene rings is 3. The number of ether oxygens (including phenoxy) is 2. The van der Waals surface area contributed by atoms with Gasteiger partial charge in [-0.3, -0.25) is 5.10 Å². The molecule has 0 atom stereocenters. The number of hydrogen-bond donors (Lipinski definition) is 1. The molecule has 3 aromatic carbocycles. The van der Waals surface area contributed by atoms with Crippen LogP contribution in [0.1, 0.15) is 0 Å². The van der Waals surface area contributed by atoms with E-state index in [0.29, 0.717) is 5.75 Å². The Hall–Kier alpha value is -2.86. The van der Waals surface area contributed by atoms with E-state index >= 15 is 0 Å². The van der Waals surface area contributed by atoms with Crippen LogP contribution in [0, 0.1) is 5.82 Å². The largest absolute Gasteiger partial charge is 0.496 e. The zero-order valence-corrected chi connectivity index (χ0v) is 15.4. The quantitative estimate of drug-likeness (QED) is 0.451. The van der Waals surface area contributed by atoms with E-state index in [1.807, 2.05) is 24.3 Å². The first-order valence-corrected chi connectivity index (χ1v) is 8.69. The van der Waals surface area contributed by atoms with E-state index in [0.717, 1.165) is 32.4 Å². The fourth-order valence-corrected chi connectivity index (χ4v) is 3.15. The van der Waals surface area contributed by atoms with Gasteiger partial charge in [-0.15, -0.1) is 0 Å². The molecule has 0 spiro atoms. The molecule has 1 heterocycles. The van der Waals surface area contributed by atoms with Crippen molar-refractivity contribution in [3.05, 3.63) is 71.0 Å². The number of nitrogens with one attached hydrogen (secondary N) is 1. The van der Waals surface area contributed by atoms with Crippen molar-refractivity contribution in [1.29, 1.82) is 0 Å². The Kier molecular flexibility index (Phi) is 4.34. The lowest BCUT2D eigenvalue weighted by Crippen LogP contribution is -1.89. The molecule has 0 fully saturated rings. The molecule has 0 aliphatic carbocycles. The number of methoxy groups -OCH3 is 1. The summed E-state index contributed by atoms with van der Waals surface area (Å²) in [7, 11) is 1.63. The molecule has 0 bridgehead atoms. The predicted molar refractivity (Wildman–Crippen MR) is 102 cm³/mol. The van der Waals surface area contributed by atoms with E-state index in [1.165, 1.54) is 6.07 Å². The lowest BCUT2D eigenvalue weighted by atomic mass is 10.1. The summed E-state index contributed by atoms with van der Waals surface area (Å²) >= 11 is 3.48. The van der Waals surface area contributed by atoms with Crippen LogP contribution in [-0.4, -0.2) is 17.3 Å². The van der Waals surface area contributed by atoms with Crippen molar-refractivity contribution in [3.8, 4) is 28.5 Å². The SMILES string of the molecule is COc1ccc(Br)cc1-c1n[nH]c2cc(Oc3ccccc3F)ccc12. The monoisotopic (exact) mass is 412 g/mol. The van der Waals surface area contributed by atoms with Gasteiger partial charge in [-0.05, 0) is 42.5 Å². The molecular weight excluding hydrogens is 399 g/mol. The summed E-state index contributed by atoms with van der Waals surface area (Å²) in [6, 6.07) is 17.5. The molecule has 0 amide bonds. The van der Waals surface area contributed by atoms with Gasteiger partial charge in [0.25, 0.3) is 0 Å². The molecule has 0 unspecified atom stereocenters. The Morgan fingerprint density at radius 2 is 1.85 bits per heavy atom. The topological polar surface area (TPSA) is 47.1 Å². The van der Waals surface area contributed by atoms with Crippen LogP contribution in [0.3, 0.4) is 0 Å². The number of H-pyrrole nitrogens is 1. The Morgan fingerprint density at radius 1 is 1.00 bits per heavy atom. The van der Waals surface area contributed by atoms with Gasteiger partial charge in [0.05, 0.1) is 12.6 Å². The first kappa shape index (κ1) is 16.6. The number of para-hydroxylation sites is 1. The predicted octanol–water partition coefficient (Wildman–Crippen LogP) is 5.93. The van der Waals surface area contributed by atoms with E-state index in [9.17, 15) is 4.39 Å². The van der Waals surface area contributed by atoms with Gasteiger partial charge >= 0.3 is 0 Å². The highest BCUT2D eigenvalue weighted by atomic mass is 79.9. The fourth-order valence-electron chi connectivity index (χ4n) is 2.79. The fraction of sp³-hybridized carbons (Fsp3) is 0.0500. The number of aromatic nitrogens is 2. The van der Waals surface area contributed by atoms with Crippen molar-refractivity contribution in [1.82, 2.24) is 10.2 Å². The van der Waals surface area contributed by atoms with Crippen molar-refractivity contribution < 1.29 is 13.9 Å². The summed E-state index contributed by atoms with van der Waals surface area (Å²) in [6.07, 6.45) is 0. The summed E-state index contributed by atoms with van der Waals surface area (Å²) in [5, 5.41) is 8.35. The lowest BCUT2D eigenvalue weighted by Gasteiger charge is -2.08. The molecule has 4 nitrogen and oxygen atoms in total. The van der Waals surface area contributed by atoms with Crippen LogP contribution < -0.4 is 9.47 Å². The molecule has 0 radical (unpaired) electrons. The molecule has 1 N–H and O–H groups in total. The number of rotatable bonds is 4. The molecule has 0 aliphatic rings. The molecule has 4 rings (SSSR count). The smallest absolute Gasteiger partial charge is 0.165 e. The van der Waals surface area contributed by atoms with Gasteiger partial charge < -0.3 is 9.47 Å². The lowest BCUT2D eigenvalue weighted by molar-refractivity contribution is 0.416. The van der Waals surface area contributed by atoms with Crippen LogP contribution in [-0.2, 0) is 0 Å². The third kappa shape index (κ3) is 3.04. The first-order chi connectivity index (χ1) is 12.7. The van der Waals surface area contributed by atoms with Crippen LogP contribution >= 0.6 is 15.9 Å². The Balaban J connectivity index is 1.75. The van der Waals surface area contributed by atoms with E-state index in [-0.39, 0.29) is 5.75 Å². The molecule has 130 valence electrons. The van der Waals surface area contributed by atoms with Gasteiger partial charge in [-0.1, -0.05) is 28.1 Å². The first-order valence-electron chi connectivity index (χ1n) is 7.90. The van der Waals surface area contributed by atoms with Gasteiger partial charge in [0.2, 0.25) is 0 Å². The number of hydrogen-bond acceptors (Lipinski definition) is 3. The van der Waals surface area contributed by atoms with Crippen LogP contribution in [0.4, 0.5) is 4.39 Å². The highest BCUT2D eigenvalue weighted by molar-refractivity contribution is 9.10. The molecule has 26 heavy (non-hydrogen) atoms. The third-order valence-electron chi connectivity index (χ3n) is 4.02. The van der Waals surface area contributed by atoms with Crippen LogP contribution in [0.5, 0.6) is 17.2 Å². The minimum Gasteiger partial charge on any atom is -0.496 e. The van der Waals surface area contributed by atoms with E-state index in [4.69, 9.17) is 9.47 Å².